The number of anilines is 1. The van der Waals surface area contributed by atoms with E-state index >= 15 is 0 Å². The van der Waals surface area contributed by atoms with Crippen molar-refractivity contribution in [2.45, 2.75) is 19.4 Å². The maximum absolute atomic E-state index is 12.4. The number of primary amides is 1. The Labute approximate surface area is 152 Å². The van der Waals surface area contributed by atoms with Crippen LogP contribution in [0, 0.1) is 5.92 Å². The number of nitrogens with zero attached hydrogens (tertiary/aromatic N) is 4. The molecule has 0 aliphatic carbocycles. The van der Waals surface area contributed by atoms with Crippen LogP contribution in [0.25, 0.3) is 0 Å². The Hall–Kier alpha value is -2.67. The molecule has 0 radical (unpaired) electrons. The van der Waals surface area contributed by atoms with Crippen molar-refractivity contribution in [2.24, 2.45) is 18.7 Å². The summed E-state index contributed by atoms with van der Waals surface area (Å²) in [4.78, 5) is 28.2. The predicted molar refractivity (Wildman–Crippen MR) is 97.6 cm³/mol. The lowest BCUT2D eigenvalue weighted by Crippen LogP contribution is -2.36. The highest BCUT2D eigenvalue weighted by atomic mass is 16.2. The van der Waals surface area contributed by atoms with Gasteiger partial charge in [0, 0.05) is 63.0 Å². The summed E-state index contributed by atoms with van der Waals surface area (Å²) in [5.41, 5.74) is 8.84. The van der Waals surface area contributed by atoms with Gasteiger partial charge in [-0.1, -0.05) is 18.2 Å². The van der Waals surface area contributed by atoms with E-state index in [1.54, 1.807) is 4.68 Å². The van der Waals surface area contributed by atoms with Gasteiger partial charge in [-0.15, -0.1) is 0 Å². The van der Waals surface area contributed by atoms with Gasteiger partial charge >= 0.3 is 0 Å². The van der Waals surface area contributed by atoms with Gasteiger partial charge < -0.3 is 10.6 Å². The molecular formula is C19H23N5O2. The maximum atomic E-state index is 12.4. The van der Waals surface area contributed by atoms with E-state index in [1.165, 1.54) is 0 Å². The molecular weight excluding hydrogens is 330 g/mol. The van der Waals surface area contributed by atoms with Crippen molar-refractivity contribution in [3.05, 3.63) is 47.3 Å². The summed E-state index contributed by atoms with van der Waals surface area (Å²) < 4.78 is 1.77. The van der Waals surface area contributed by atoms with Crippen molar-refractivity contribution in [3.8, 4) is 0 Å². The second-order valence-electron chi connectivity index (χ2n) is 7.16. The first-order valence-corrected chi connectivity index (χ1v) is 8.95. The highest BCUT2D eigenvalue weighted by Crippen LogP contribution is 2.28. The number of nitrogens with two attached hydrogens (primary N) is 1. The molecule has 1 atom stereocenters. The number of rotatable bonds is 4. The molecule has 2 aliphatic heterocycles. The molecule has 2 aliphatic rings. The summed E-state index contributed by atoms with van der Waals surface area (Å²) in [5.74, 6) is -0.00828. The molecule has 2 aromatic rings. The molecule has 2 amide bonds. The fraction of sp³-hybridized carbons (Fsp3) is 0.421. The van der Waals surface area contributed by atoms with Crippen molar-refractivity contribution in [3.63, 3.8) is 0 Å². The van der Waals surface area contributed by atoms with Crippen LogP contribution < -0.4 is 10.6 Å². The smallest absolute Gasteiger partial charge is 0.269 e. The van der Waals surface area contributed by atoms with Crippen molar-refractivity contribution in [1.82, 2.24) is 14.7 Å². The minimum atomic E-state index is -0.477. The van der Waals surface area contributed by atoms with Crippen LogP contribution in [0.3, 0.4) is 0 Å². The molecule has 2 N–H and O–H groups in total. The van der Waals surface area contributed by atoms with Crippen LogP contribution in [0.15, 0.2) is 30.3 Å². The third-order valence-corrected chi connectivity index (χ3v) is 5.34. The van der Waals surface area contributed by atoms with Crippen LogP contribution in [0.1, 0.15) is 28.2 Å². The topological polar surface area (TPSA) is 84.5 Å². The van der Waals surface area contributed by atoms with Crippen LogP contribution in [-0.4, -0.2) is 46.1 Å². The fourth-order valence-electron chi connectivity index (χ4n) is 4.13. The number of amides is 2. The zero-order valence-electron chi connectivity index (χ0n) is 14.9. The van der Waals surface area contributed by atoms with Crippen LogP contribution in [0.4, 0.5) is 5.69 Å². The molecule has 7 heteroatoms. The van der Waals surface area contributed by atoms with Crippen molar-refractivity contribution < 1.29 is 9.59 Å². The van der Waals surface area contributed by atoms with E-state index in [-0.39, 0.29) is 11.8 Å². The summed E-state index contributed by atoms with van der Waals surface area (Å²) >= 11 is 0. The lowest BCUT2D eigenvalue weighted by Gasteiger charge is -2.29. The molecule has 0 spiro atoms. The molecule has 1 unspecified atom stereocenters. The number of para-hydroxylation sites is 1. The molecule has 1 aromatic heterocycles. The summed E-state index contributed by atoms with van der Waals surface area (Å²) in [6.07, 6.45) is 1.41. The molecule has 1 fully saturated rings. The maximum Gasteiger partial charge on any atom is 0.269 e. The number of hydrogen-bond donors (Lipinski definition) is 1. The molecule has 1 saturated heterocycles. The Balaban J connectivity index is 1.45. The number of benzene rings is 1. The molecule has 3 heterocycles. The van der Waals surface area contributed by atoms with E-state index in [2.05, 4.69) is 10.00 Å². The molecule has 0 bridgehead atoms. The Morgan fingerprint density at radius 2 is 2.08 bits per heavy atom. The lowest BCUT2D eigenvalue weighted by atomic mass is 10.0. The minimum absolute atomic E-state index is 0.179. The molecule has 4 rings (SSSR count). The highest BCUT2D eigenvalue weighted by Gasteiger charge is 2.33. The quantitative estimate of drug-likeness (QED) is 0.886. The first-order valence-electron chi connectivity index (χ1n) is 8.95. The van der Waals surface area contributed by atoms with E-state index in [4.69, 9.17) is 5.73 Å². The van der Waals surface area contributed by atoms with Gasteiger partial charge in [-0.05, 0) is 18.1 Å². The van der Waals surface area contributed by atoms with E-state index < -0.39 is 5.91 Å². The lowest BCUT2D eigenvalue weighted by molar-refractivity contribution is -0.117. The van der Waals surface area contributed by atoms with Gasteiger partial charge in [0.05, 0.1) is 0 Å². The summed E-state index contributed by atoms with van der Waals surface area (Å²) in [5, 5.41) is 4.27. The van der Waals surface area contributed by atoms with Gasteiger partial charge in [-0.25, -0.2) is 0 Å². The molecule has 1 aromatic carbocycles. The van der Waals surface area contributed by atoms with Crippen LogP contribution in [0.2, 0.25) is 0 Å². The zero-order chi connectivity index (χ0) is 18.3. The number of aromatic nitrogens is 2. The van der Waals surface area contributed by atoms with Gasteiger partial charge in [0.25, 0.3) is 5.91 Å². The number of aryl methyl sites for hydroxylation is 1. The van der Waals surface area contributed by atoms with Crippen LogP contribution >= 0.6 is 0 Å². The second-order valence-corrected chi connectivity index (χ2v) is 7.16. The van der Waals surface area contributed by atoms with Gasteiger partial charge in [0.1, 0.15) is 0 Å². The summed E-state index contributed by atoms with van der Waals surface area (Å²) in [6, 6.07) is 9.81. The average molecular weight is 353 g/mol. The molecule has 0 saturated carbocycles. The van der Waals surface area contributed by atoms with Crippen molar-refractivity contribution >= 4 is 17.5 Å². The number of carbonyl (C=O) groups is 2. The fourth-order valence-corrected chi connectivity index (χ4v) is 4.13. The molecule has 136 valence electrons. The average Bonchev–Trinajstić information content (AvgIpc) is 3.16. The predicted octanol–water partition coefficient (Wildman–Crippen LogP) is 0.930. The third kappa shape index (κ3) is 2.99. The minimum Gasteiger partial charge on any atom is -0.364 e. The van der Waals surface area contributed by atoms with E-state index in [1.807, 2.05) is 42.3 Å². The van der Waals surface area contributed by atoms with Crippen LogP contribution in [0.5, 0.6) is 0 Å². The zero-order valence-corrected chi connectivity index (χ0v) is 14.9. The largest absolute Gasteiger partial charge is 0.364 e. The Kier molecular flexibility index (Phi) is 4.24. The van der Waals surface area contributed by atoms with Gasteiger partial charge in [0.2, 0.25) is 5.91 Å². The second kappa shape index (κ2) is 6.57. The van der Waals surface area contributed by atoms with E-state index in [9.17, 15) is 9.59 Å². The third-order valence-electron chi connectivity index (χ3n) is 5.34. The monoisotopic (exact) mass is 353 g/mol. The van der Waals surface area contributed by atoms with E-state index in [0.717, 1.165) is 43.0 Å². The Morgan fingerprint density at radius 1 is 1.31 bits per heavy atom. The van der Waals surface area contributed by atoms with Gasteiger partial charge in [0.15, 0.2) is 5.69 Å². The summed E-state index contributed by atoms with van der Waals surface area (Å²) in [7, 11) is 1.86. The van der Waals surface area contributed by atoms with E-state index in [0.29, 0.717) is 18.7 Å². The highest BCUT2D eigenvalue weighted by molar-refractivity contribution is 5.95. The normalized spacial score (nSPS) is 20.4. The van der Waals surface area contributed by atoms with Gasteiger partial charge in [-0.2, -0.15) is 5.10 Å². The number of hydrogen-bond acceptors (Lipinski definition) is 4. The van der Waals surface area contributed by atoms with Crippen molar-refractivity contribution in [2.75, 3.05) is 24.5 Å². The first-order chi connectivity index (χ1) is 12.5. The number of fused-ring (bicyclic) bond motifs is 1. The number of carbonyl (C=O) groups excluding carboxylic acids is 2. The van der Waals surface area contributed by atoms with Crippen LogP contribution in [-0.2, 0) is 24.8 Å². The molecule has 26 heavy (non-hydrogen) atoms. The SMILES string of the molecule is Cn1nc(C(N)=O)c2c1CCN(CC1CC(=O)N(c3ccccc3)C1)C2. The standard InChI is InChI=1S/C19H23N5O2/c1-22-16-7-8-23(12-15(16)18(21-22)19(20)26)10-13-9-17(25)24(11-13)14-5-3-2-4-6-14/h2-6,13H,7-12H2,1H3,(H2,20,26). The summed E-state index contributed by atoms with van der Waals surface area (Å²) in [6.45, 7) is 3.14. The Bertz CT molecular complexity index is 845. The molecule has 7 nitrogen and oxygen atoms in total. The van der Waals surface area contributed by atoms with Gasteiger partial charge in [-0.3, -0.25) is 19.2 Å². The first kappa shape index (κ1) is 16.8. The Morgan fingerprint density at radius 3 is 2.81 bits per heavy atom. The van der Waals surface area contributed by atoms with Crippen molar-refractivity contribution in [1.29, 1.82) is 0 Å².